The minimum absolute atomic E-state index is 0.00769. The third-order valence-corrected chi connectivity index (χ3v) is 5.38. The number of carbonyl (C=O) groups is 2. The van der Waals surface area contributed by atoms with Crippen LogP contribution in [0.3, 0.4) is 0 Å². The first-order valence-electron chi connectivity index (χ1n) is 8.63. The minimum atomic E-state index is -0.129. The Balaban J connectivity index is 1.40. The van der Waals surface area contributed by atoms with Crippen LogP contribution in [-0.4, -0.2) is 18.4 Å². The van der Waals surface area contributed by atoms with Gasteiger partial charge in [-0.25, -0.2) is 0 Å². The van der Waals surface area contributed by atoms with E-state index in [1.807, 2.05) is 36.4 Å². The summed E-state index contributed by atoms with van der Waals surface area (Å²) in [6.07, 6.45) is 0.861. The fourth-order valence-corrected chi connectivity index (χ4v) is 3.69. The molecule has 1 heterocycles. The summed E-state index contributed by atoms with van der Waals surface area (Å²) < 4.78 is 0. The van der Waals surface area contributed by atoms with E-state index in [-0.39, 0.29) is 11.8 Å². The molecular weight excluding hydrogens is 383 g/mol. The Morgan fingerprint density at radius 2 is 1.78 bits per heavy atom. The summed E-state index contributed by atoms with van der Waals surface area (Å²) in [5.41, 5.74) is 2.24. The van der Waals surface area contributed by atoms with E-state index in [2.05, 4.69) is 5.32 Å². The van der Waals surface area contributed by atoms with Crippen molar-refractivity contribution in [1.29, 1.82) is 0 Å². The third-order valence-electron chi connectivity index (χ3n) is 4.64. The monoisotopic (exact) mass is 398 g/mol. The largest absolute Gasteiger partial charge is 0.326 e. The van der Waals surface area contributed by atoms with Gasteiger partial charge in [-0.05, 0) is 42.1 Å². The number of anilines is 2. The van der Waals surface area contributed by atoms with Gasteiger partial charge in [-0.2, -0.15) is 0 Å². The highest BCUT2D eigenvalue weighted by Crippen LogP contribution is 2.37. The number of hydrogen-bond donors (Lipinski definition) is 1. The highest BCUT2D eigenvalue weighted by atomic mass is 35.5. The molecule has 0 spiro atoms. The molecule has 0 saturated carbocycles. The summed E-state index contributed by atoms with van der Waals surface area (Å²) in [7, 11) is 0. The number of amides is 2. The van der Waals surface area contributed by atoms with Crippen LogP contribution in [0.1, 0.15) is 23.2 Å². The van der Waals surface area contributed by atoms with Crippen molar-refractivity contribution in [1.82, 2.24) is 0 Å². The molecule has 0 aromatic heterocycles. The standard InChI is InChI=1S/C21H16Cl2N2O2/c22-16-10-9-14(12-17(16)23)24-19(26)8-3-11-25-18-7-2-5-13-4-1-6-15(20(13)18)21(25)27/h1-2,4-7,9-10,12H,3,8,11H2,(H,24,26). The second-order valence-electron chi connectivity index (χ2n) is 6.42. The number of nitrogens with zero attached hydrogens (tertiary/aromatic N) is 1. The zero-order valence-corrected chi connectivity index (χ0v) is 15.8. The maximum Gasteiger partial charge on any atom is 0.258 e. The molecule has 0 atom stereocenters. The molecule has 3 aromatic carbocycles. The number of benzene rings is 3. The summed E-state index contributed by atoms with van der Waals surface area (Å²) in [6, 6.07) is 16.6. The molecule has 0 bridgehead atoms. The molecule has 1 aliphatic rings. The van der Waals surface area contributed by atoms with E-state index in [9.17, 15) is 9.59 Å². The molecule has 27 heavy (non-hydrogen) atoms. The maximum absolute atomic E-state index is 12.7. The van der Waals surface area contributed by atoms with Crippen molar-refractivity contribution in [3.05, 3.63) is 70.2 Å². The first-order chi connectivity index (χ1) is 13.0. The topological polar surface area (TPSA) is 49.4 Å². The van der Waals surface area contributed by atoms with Gasteiger partial charge in [-0.1, -0.05) is 47.5 Å². The van der Waals surface area contributed by atoms with Crippen molar-refractivity contribution in [2.24, 2.45) is 0 Å². The lowest BCUT2D eigenvalue weighted by molar-refractivity contribution is -0.116. The van der Waals surface area contributed by atoms with Crippen LogP contribution in [0.25, 0.3) is 10.8 Å². The van der Waals surface area contributed by atoms with Crippen LogP contribution in [0, 0.1) is 0 Å². The van der Waals surface area contributed by atoms with Gasteiger partial charge in [0.15, 0.2) is 0 Å². The van der Waals surface area contributed by atoms with E-state index in [0.717, 1.165) is 22.0 Å². The highest BCUT2D eigenvalue weighted by molar-refractivity contribution is 6.42. The van der Waals surface area contributed by atoms with Gasteiger partial charge < -0.3 is 10.2 Å². The normalized spacial score (nSPS) is 12.7. The fraction of sp³-hybridized carbons (Fsp3) is 0.143. The number of hydrogen-bond acceptors (Lipinski definition) is 2. The molecule has 0 unspecified atom stereocenters. The predicted octanol–water partition coefficient (Wildman–Crippen LogP) is 5.53. The van der Waals surface area contributed by atoms with E-state index >= 15 is 0 Å². The third kappa shape index (κ3) is 3.38. The van der Waals surface area contributed by atoms with E-state index in [0.29, 0.717) is 35.1 Å². The van der Waals surface area contributed by atoms with Gasteiger partial charge in [0.05, 0.1) is 15.7 Å². The molecule has 0 fully saturated rings. The maximum atomic E-state index is 12.7. The van der Waals surface area contributed by atoms with Crippen LogP contribution in [0.15, 0.2) is 54.6 Å². The van der Waals surface area contributed by atoms with Crippen molar-refractivity contribution in [2.45, 2.75) is 12.8 Å². The first-order valence-corrected chi connectivity index (χ1v) is 9.39. The summed E-state index contributed by atoms with van der Waals surface area (Å²) in [5, 5.41) is 5.68. The Morgan fingerprint density at radius 3 is 2.56 bits per heavy atom. The Labute approximate surface area is 166 Å². The van der Waals surface area contributed by atoms with Crippen molar-refractivity contribution in [2.75, 3.05) is 16.8 Å². The molecule has 6 heteroatoms. The second kappa shape index (κ2) is 7.22. The molecule has 0 aliphatic carbocycles. The molecule has 2 amide bonds. The average Bonchev–Trinajstić information content (AvgIpc) is 2.93. The molecular formula is C21H16Cl2N2O2. The van der Waals surface area contributed by atoms with Crippen molar-refractivity contribution >= 4 is 57.2 Å². The Bertz CT molecular complexity index is 1060. The summed E-state index contributed by atoms with van der Waals surface area (Å²) >= 11 is 11.8. The quantitative estimate of drug-likeness (QED) is 0.614. The number of halogens is 2. The smallest absolute Gasteiger partial charge is 0.258 e. The molecule has 4 nitrogen and oxygen atoms in total. The van der Waals surface area contributed by atoms with Gasteiger partial charge in [-0.3, -0.25) is 9.59 Å². The molecule has 1 aliphatic heterocycles. The van der Waals surface area contributed by atoms with Crippen LogP contribution >= 0.6 is 23.2 Å². The fourth-order valence-electron chi connectivity index (χ4n) is 3.40. The van der Waals surface area contributed by atoms with Crippen molar-refractivity contribution < 1.29 is 9.59 Å². The summed E-state index contributed by atoms with van der Waals surface area (Å²) in [4.78, 5) is 26.6. The van der Waals surface area contributed by atoms with Gasteiger partial charge in [0.1, 0.15) is 0 Å². The SMILES string of the molecule is O=C(CCCN1C(=O)c2cccc3cccc1c23)Nc1ccc(Cl)c(Cl)c1. The average molecular weight is 399 g/mol. The Kier molecular flexibility index (Phi) is 4.77. The van der Waals surface area contributed by atoms with E-state index < -0.39 is 0 Å². The molecule has 136 valence electrons. The van der Waals surface area contributed by atoms with Crippen LogP contribution in [-0.2, 0) is 4.79 Å². The van der Waals surface area contributed by atoms with Crippen LogP contribution in [0.2, 0.25) is 10.0 Å². The molecule has 3 aromatic rings. The van der Waals surface area contributed by atoms with Crippen molar-refractivity contribution in [3.63, 3.8) is 0 Å². The van der Waals surface area contributed by atoms with Gasteiger partial charge in [-0.15, -0.1) is 0 Å². The van der Waals surface area contributed by atoms with Gasteiger partial charge >= 0.3 is 0 Å². The van der Waals surface area contributed by atoms with Gasteiger partial charge in [0.25, 0.3) is 5.91 Å². The lowest BCUT2D eigenvalue weighted by atomic mass is 10.1. The molecule has 1 N–H and O–H groups in total. The van der Waals surface area contributed by atoms with Crippen LogP contribution < -0.4 is 10.2 Å². The number of carbonyl (C=O) groups excluding carboxylic acids is 2. The molecule has 4 rings (SSSR count). The Morgan fingerprint density at radius 1 is 1.00 bits per heavy atom. The first kappa shape index (κ1) is 17.8. The molecule has 0 radical (unpaired) electrons. The lowest BCUT2D eigenvalue weighted by Gasteiger charge is -2.17. The van der Waals surface area contributed by atoms with Crippen LogP contribution in [0.5, 0.6) is 0 Å². The van der Waals surface area contributed by atoms with E-state index in [4.69, 9.17) is 23.2 Å². The zero-order chi connectivity index (χ0) is 19.0. The summed E-state index contributed by atoms with van der Waals surface area (Å²) in [5.74, 6) is -0.137. The number of rotatable bonds is 5. The Hall–Kier alpha value is -2.56. The van der Waals surface area contributed by atoms with Crippen molar-refractivity contribution in [3.8, 4) is 0 Å². The zero-order valence-electron chi connectivity index (χ0n) is 14.3. The minimum Gasteiger partial charge on any atom is -0.326 e. The highest BCUT2D eigenvalue weighted by Gasteiger charge is 2.28. The van der Waals surface area contributed by atoms with Gasteiger partial charge in [0, 0.05) is 29.6 Å². The van der Waals surface area contributed by atoms with E-state index in [1.54, 1.807) is 23.1 Å². The van der Waals surface area contributed by atoms with Gasteiger partial charge in [0.2, 0.25) is 5.91 Å². The predicted molar refractivity (Wildman–Crippen MR) is 110 cm³/mol. The van der Waals surface area contributed by atoms with Crippen LogP contribution in [0.4, 0.5) is 11.4 Å². The summed E-state index contributed by atoms with van der Waals surface area (Å²) in [6.45, 7) is 0.488. The molecule has 0 saturated heterocycles. The van der Waals surface area contributed by atoms with E-state index in [1.165, 1.54) is 0 Å². The number of nitrogens with one attached hydrogen (secondary N) is 1. The lowest BCUT2D eigenvalue weighted by Crippen LogP contribution is -2.28. The second-order valence-corrected chi connectivity index (χ2v) is 7.23.